The summed E-state index contributed by atoms with van der Waals surface area (Å²) in [5.41, 5.74) is -3.08. The lowest BCUT2D eigenvalue weighted by molar-refractivity contribution is -0.142. The van der Waals surface area contributed by atoms with Crippen molar-refractivity contribution in [3.63, 3.8) is 0 Å². The van der Waals surface area contributed by atoms with Crippen molar-refractivity contribution in [2.24, 2.45) is 0 Å². The first-order valence-electron chi connectivity index (χ1n) is 6.50. The van der Waals surface area contributed by atoms with Crippen molar-refractivity contribution >= 4 is 0 Å². The average molecular weight is 320 g/mol. The topological polar surface area (TPSA) is 28.7 Å². The van der Waals surface area contributed by atoms with Gasteiger partial charge in [-0.2, -0.15) is 26.3 Å². The van der Waals surface area contributed by atoms with Crippen LogP contribution in [0.15, 0.2) is 24.4 Å². The zero-order valence-electron chi connectivity index (χ0n) is 11.0. The quantitative estimate of drug-likeness (QED) is 0.776. The summed E-state index contributed by atoms with van der Waals surface area (Å²) < 4.78 is 78.4. The minimum Gasteiger partial charge on any atom is -0.342 e. The number of aromatic amines is 1. The number of alkyl halides is 6. The van der Waals surface area contributed by atoms with Crippen molar-refractivity contribution in [1.82, 2.24) is 9.97 Å². The summed E-state index contributed by atoms with van der Waals surface area (Å²) >= 11 is 0. The second-order valence-electron chi connectivity index (χ2n) is 5.19. The monoisotopic (exact) mass is 320 g/mol. The number of hydrogen-bond acceptors (Lipinski definition) is 1. The van der Waals surface area contributed by atoms with Crippen molar-refractivity contribution in [2.75, 3.05) is 0 Å². The SMILES string of the molecule is FC(F)(F)c1cccc(C(F)(F)F)c1-c1ncc(C2CC2)[nH]1. The zero-order valence-corrected chi connectivity index (χ0v) is 11.0. The minimum absolute atomic E-state index is 0.147. The molecule has 2 aromatic rings. The summed E-state index contributed by atoms with van der Waals surface area (Å²) in [4.78, 5) is 6.35. The molecule has 0 atom stereocenters. The molecule has 1 saturated carbocycles. The maximum atomic E-state index is 13.1. The molecule has 1 aliphatic carbocycles. The Bertz CT molecular complexity index is 662. The molecule has 3 rings (SSSR count). The molecule has 8 heteroatoms. The molecule has 1 aliphatic rings. The minimum atomic E-state index is -4.90. The molecule has 0 aliphatic heterocycles. The van der Waals surface area contributed by atoms with Gasteiger partial charge in [0.25, 0.3) is 0 Å². The standard InChI is InChI=1S/C14H10F6N2/c15-13(16,17)8-2-1-3-9(14(18,19)20)11(8)12-21-6-10(22-12)7-4-5-7/h1-3,6-7H,4-5H2,(H,21,22). The third-order valence-electron chi connectivity index (χ3n) is 3.52. The van der Waals surface area contributed by atoms with Crippen LogP contribution in [-0.2, 0) is 12.4 Å². The Balaban J connectivity index is 2.21. The van der Waals surface area contributed by atoms with Crippen LogP contribution >= 0.6 is 0 Å². The Morgan fingerprint density at radius 1 is 0.955 bits per heavy atom. The van der Waals surface area contributed by atoms with Gasteiger partial charge in [-0.15, -0.1) is 0 Å². The molecule has 0 radical (unpaired) electrons. The van der Waals surface area contributed by atoms with E-state index < -0.39 is 34.9 Å². The van der Waals surface area contributed by atoms with Crippen LogP contribution < -0.4 is 0 Å². The second-order valence-corrected chi connectivity index (χ2v) is 5.19. The lowest BCUT2D eigenvalue weighted by Gasteiger charge is -2.17. The lowest BCUT2D eigenvalue weighted by atomic mass is 9.99. The number of halogens is 6. The molecular weight excluding hydrogens is 310 g/mol. The number of aromatic nitrogens is 2. The first-order valence-corrected chi connectivity index (χ1v) is 6.50. The number of nitrogens with one attached hydrogen (secondary N) is 1. The highest BCUT2D eigenvalue weighted by molar-refractivity contribution is 5.67. The van der Waals surface area contributed by atoms with E-state index >= 15 is 0 Å². The van der Waals surface area contributed by atoms with Crippen molar-refractivity contribution in [2.45, 2.75) is 31.1 Å². The summed E-state index contributed by atoms with van der Waals surface area (Å²) in [6, 6.07) is 2.01. The van der Waals surface area contributed by atoms with E-state index in [2.05, 4.69) is 9.97 Å². The lowest BCUT2D eigenvalue weighted by Crippen LogP contribution is -2.14. The van der Waals surface area contributed by atoms with Crippen LogP contribution in [0.5, 0.6) is 0 Å². The number of imidazole rings is 1. The van der Waals surface area contributed by atoms with Gasteiger partial charge in [-0.25, -0.2) is 4.98 Å². The van der Waals surface area contributed by atoms with Gasteiger partial charge in [0.1, 0.15) is 5.82 Å². The molecule has 1 N–H and O–H groups in total. The molecule has 1 heterocycles. The van der Waals surface area contributed by atoms with Gasteiger partial charge in [-0.3, -0.25) is 0 Å². The molecule has 0 spiro atoms. The first-order chi connectivity index (χ1) is 10.2. The van der Waals surface area contributed by atoms with Crippen LogP contribution in [0.3, 0.4) is 0 Å². The number of hydrogen-bond donors (Lipinski definition) is 1. The van der Waals surface area contributed by atoms with Crippen molar-refractivity contribution in [1.29, 1.82) is 0 Å². The second kappa shape index (κ2) is 4.76. The fourth-order valence-corrected chi connectivity index (χ4v) is 2.34. The molecule has 1 aromatic carbocycles. The Hall–Kier alpha value is -1.99. The largest absolute Gasteiger partial charge is 0.417 e. The van der Waals surface area contributed by atoms with E-state index in [-0.39, 0.29) is 5.92 Å². The molecule has 0 bridgehead atoms. The van der Waals surface area contributed by atoms with E-state index in [0.29, 0.717) is 17.8 Å². The summed E-state index contributed by atoms with van der Waals surface area (Å²) in [5, 5.41) is 0. The van der Waals surface area contributed by atoms with Crippen molar-refractivity contribution < 1.29 is 26.3 Å². The van der Waals surface area contributed by atoms with E-state index in [4.69, 9.17) is 0 Å². The van der Waals surface area contributed by atoms with Gasteiger partial charge in [0.15, 0.2) is 0 Å². The van der Waals surface area contributed by atoms with Crippen molar-refractivity contribution in [3.8, 4) is 11.4 Å². The van der Waals surface area contributed by atoms with Crippen LogP contribution in [0, 0.1) is 0 Å². The molecule has 118 valence electrons. The summed E-state index contributed by atoms with van der Waals surface area (Å²) in [6.45, 7) is 0. The fraction of sp³-hybridized carbons (Fsp3) is 0.357. The first kappa shape index (κ1) is 14.9. The molecule has 1 aromatic heterocycles. The normalized spacial score (nSPS) is 16.1. The van der Waals surface area contributed by atoms with E-state index in [1.54, 1.807) is 0 Å². The summed E-state index contributed by atoms with van der Waals surface area (Å²) in [6.07, 6.45) is -6.78. The van der Waals surface area contributed by atoms with Gasteiger partial charge in [-0.1, -0.05) is 6.07 Å². The summed E-state index contributed by atoms with van der Waals surface area (Å²) in [7, 11) is 0. The number of H-pyrrole nitrogens is 1. The van der Waals surface area contributed by atoms with Crippen LogP contribution in [0.4, 0.5) is 26.3 Å². The molecular formula is C14H10F6N2. The Morgan fingerprint density at radius 3 is 1.95 bits per heavy atom. The number of benzene rings is 1. The molecule has 0 amide bonds. The highest BCUT2D eigenvalue weighted by atomic mass is 19.4. The van der Waals surface area contributed by atoms with Gasteiger partial charge < -0.3 is 4.98 Å². The molecule has 0 saturated heterocycles. The van der Waals surface area contributed by atoms with Crippen LogP contribution in [0.25, 0.3) is 11.4 Å². The predicted octanol–water partition coefficient (Wildman–Crippen LogP) is 4.99. The van der Waals surface area contributed by atoms with E-state index in [9.17, 15) is 26.3 Å². The maximum absolute atomic E-state index is 13.1. The van der Waals surface area contributed by atoms with Gasteiger partial charge in [0.2, 0.25) is 0 Å². The highest BCUT2D eigenvalue weighted by Gasteiger charge is 2.42. The number of rotatable bonds is 2. The third-order valence-corrected chi connectivity index (χ3v) is 3.52. The zero-order chi connectivity index (χ0) is 16.1. The molecule has 2 nitrogen and oxygen atoms in total. The van der Waals surface area contributed by atoms with E-state index in [1.165, 1.54) is 6.20 Å². The Labute approximate surface area is 121 Å². The molecule has 22 heavy (non-hydrogen) atoms. The Morgan fingerprint density at radius 2 is 1.50 bits per heavy atom. The third kappa shape index (κ3) is 2.69. The average Bonchev–Trinajstić information content (AvgIpc) is 3.14. The smallest absolute Gasteiger partial charge is 0.342 e. The van der Waals surface area contributed by atoms with Gasteiger partial charge in [-0.05, 0) is 25.0 Å². The van der Waals surface area contributed by atoms with Gasteiger partial charge >= 0.3 is 12.4 Å². The van der Waals surface area contributed by atoms with Crippen LogP contribution in [0.2, 0.25) is 0 Å². The van der Waals surface area contributed by atoms with E-state index in [1.807, 2.05) is 0 Å². The summed E-state index contributed by atoms with van der Waals surface area (Å²) in [5.74, 6) is -0.254. The Kier molecular flexibility index (Phi) is 3.23. The highest BCUT2D eigenvalue weighted by Crippen LogP contribution is 2.45. The predicted molar refractivity (Wildman–Crippen MR) is 66.0 cm³/mol. The van der Waals surface area contributed by atoms with E-state index in [0.717, 1.165) is 18.9 Å². The van der Waals surface area contributed by atoms with Crippen LogP contribution in [0.1, 0.15) is 35.6 Å². The number of nitrogens with zero attached hydrogens (tertiary/aromatic N) is 1. The van der Waals surface area contributed by atoms with Gasteiger partial charge in [0.05, 0.1) is 11.1 Å². The maximum Gasteiger partial charge on any atom is 0.417 e. The molecule has 1 fully saturated rings. The van der Waals surface area contributed by atoms with Crippen LogP contribution in [-0.4, -0.2) is 9.97 Å². The van der Waals surface area contributed by atoms with Crippen molar-refractivity contribution in [3.05, 3.63) is 41.2 Å². The fourth-order valence-electron chi connectivity index (χ4n) is 2.34. The molecule has 0 unspecified atom stereocenters. The van der Waals surface area contributed by atoms with Gasteiger partial charge in [0, 0.05) is 23.4 Å².